The highest BCUT2D eigenvalue weighted by atomic mass is 32.2. The van der Waals surface area contributed by atoms with E-state index in [2.05, 4.69) is 10.8 Å². The number of anilines is 2. The van der Waals surface area contributed by atoms with Crippen LogP contribution in [0.4, 0.5) is 11.6 Å². The lowest BCUT2D eigenvalue weighted by Crippen LogP contribution is -2.46. The Kier molecular flexibility index (Phi) is 6.45. The zero-order chi connectivity index (χ0) is 26.2. The summed E-state index contributed by atoms with van der Waals surface area (Å²) in [4.78, 5) is 15.8. The van der Waals surface area contributed by atoms with Gasteiger partial charge in [-0.3, -0.25) is 14.1 Å². The van der Waals surface area contributed by atoms with Crippen LogP contribution < -0.4 is 20.9 Å². The Morgan fingerprint density at radius 3 is 2.68 bits per heavy atom. The van der Waals surface area contributed by atoms with Gasteiger partial charge in [-0.05, 0) is 49.6 Å². The van der Waals surface area contributed by atoms with Crippen LogP contribution in [0.25, 0.3) is 5.52 Å². The number of rotatable bonds is 6. The SMILES string of the molecule is Cc1ccc(S(=O)(=O)Nc2cc3c(=O)n(Cc4ccccc4C#N)c(N4CCCC(N)C4)nn3c2)cc1. The summed E-state index contributed by atoms with van der Waals surface area (Å²) in [6.07, 6.45) is 3.23. The van der Waals surface area contributed by atoms with Crippen molar-refractivity contribution in [3.05, 3.63) is 87.8 Å². The molecule has 11 heteroatoms. The molecule has 190 valence electrons. The number of piperidine rings is 1. The highest BCUT2D eigenvalue weighted by Gasteiger charge is 2.24. The predicted molar refractivity (Wildman–Crippen MR) is 141 cm³/mol. The van der Waals surface area contributed by atoms with Crippen molar-refractivity contribution < 1.29 is 8.42 Å². The number of aryl methyl sites for hydroxylation is 1. The van der Waals surface area contributed by atoms with Gasteiger partial charge in [-0.2, -0.15) is 5.26 Å². The number of sulfonamides is 1. The molecule has 0 bridgehead atoms. The molecule has 1 atom stereocenters. The fourth-order valence-electron chi connectivity index (χ4n) is 4.57. The van der Waals surface area contributed by atoms with Crippen LogP contribution in [0, 0.1) is 18.3 Å². The Morgan fingerprint density at radius 1 is 1.19 bits per heavy atom. The zero-order valence-electron chi connectivity index (χ0n) is 20.3. The Labute approximate surface area is 214 Å². The number of nitrogens with zero attached hydrogens (tertiary/aromatic N) is 5. The second-order valence-corrected chi connectivity index (χ2v) is 11.0. The van der Waals surface area contributed by atoms with Crippen molar-refractivity contribution in [2.75, 3.05) is 22.7 Å². The first-order valence-corrected chi connectivity index (χ1v) is 13.4. The van der Waals surface area contributed by atoms with Crippen molar-refractivity contribution in [1.82, 2.24) is 14.2 Å². The molecule has 2 aromatic carbocycles. The molecule has 1 unspecified atom stereocenters. The average Bonchev–Trinajstić information content (AvgIpc) is 3.28. The van der Waals surface area contributed by atoms with Crippen molar-refractivity contribution >= 4 is 27.2 Å². The number of nitrogens with two attached hydrogens (primary N) is 1. The Balaban J connectivity index is 1.60. The van der Waals surface area contributed by atoms with Gasteiger partial charge in [0.05, 0.1) is 35.0 Å². The second kappa shape index (κ2) is 9.72. The van der Waals surface area contributed by atoms with Gasteiger partial charge in [-0.25, -0.2) is 12.9 Å². The molecule has 2 aromatic heterocycles. The van der Waals surface area contributed by atoms with E-state index in [1.165, 1.54) is 33.5 Å². The van der Waals surface area contributed by atoms with Crippen molar-refractivity contribution in [1.29, 1.82) is 5.26 Å². The van der Waals surface area contributed by atoms with E-state index in [0.717, 1.165) is 18.4 Å². The lowest BCUT2D eigenvalue weighted by molar-refractivity contribution is 0.487. The first-order chi connectivity index (χ1) is 17.7. The molecule has 1 aliphatic rings. The fourth-order valence-corrected chi connectivity index (χ4v) is 5.60. The second-order valence-electron chi connectivity index (χ2n) is 9.29. The highest BCUT2D eigenvalue weighted by Crippen LogP contribution is 2.22. The molecular formula is C26H27N7O3S. The maximum atomic E-state index is 13.7. The van der Waals surface area contributed by atoms with E-state index in [-0.39, 0.29) is 34.2 Å². The van der Waals surface area contributed by atoms with E-state index < -0.39 is 10.0 Å². The van der Waals surface area contributed by atoms with E-state index in [0.29, 0.717) is 30.2 Å². The van der Waals surface area contributed by atoms with E-state index in [1.807, 2.05) is 17.9 Å². The molecule has 3 N–H and O–H groups in total. The molecule has 1 fully saturated rings. The maximum absolute atomic E-state index is 13.7. The third kappa shape index (κ3) is 4.94. The summed E-state index contributed by atoms with van der Waals surface area (Å²) in [6.45, 7) is 3.23. The fraction of sp³-hybridized carbons (Fsp3) is 0.269. The maximum Gasteiger partial charge on any atom is 0.279 e. The summed E-state index contributed by atoms with van der Waals surface area (Å²) in [5.41, 5.74) is 8.40. The van der Waals surface area contributed by atoms with E-state index in [4.69, 9.17) is 10.8 Å². The van der Waals surface area contributed by atoms with Gasteiger partial charge in [0, 0.05) is 19.1 Å². The van der Waals surface area contributed by atoms with Crippen molar-refractivity contribution in [3.63, 3.8) is 0 Å². The number of nitrogens with one attached hydrogen (secondary N) is 1. The van der Waals surface area contributed by atoms with Gasteiger partial charge in [0.15, 0.2) is 0 Å². The first-order valence-electron chi connectivity index (χ1n) is 12.0. The third-order valence-corrected chi connectivity index (χ3v) is 7.89. The Hall–Kier alpha value is -4.14. The van der Waals surface area contributed by atoms with Crippen LogP contribution in [0.2, 0.25) is 0 Å². The minimum Gasteiger partial charge on any atom is -0.339 e. The summed E-state index contributed by atoms with van der Waals surface area (Å²) in [5.74, 6) is 0.420. The molecular weight excluding hydrogens is 490 g/mol. The molecule has 5 rings (SSSR count). The smallest absolute Gasteiger partial charge is 0.279 e. The Bertz CT molecular complexity index is 1670. The topological polar surface area (TPSA) is 139 Å². The number of benzene rings is 2. The number of hydrogen-bond donors (Lipinski definition) is 2. The Morgan fingerprint density at radius 2 is 1.95 bits per heavy atom. The standard InChI is InChI=1S/C26H27N7O3S/c1-18-8-10-23(11-9-18)37(35,36)30-22-13-24-25(34)32(15-20-6-3-2-5-19(20)14-27)26(29-33(24)17-22)31-12-4-7-21(28)16-31/h2-3,5-6,8-11,13,17,21,30H,4,7,12,15-16,28H2,1H3. The van der Waals surface area contributed by atoms with Gasteiger partial charge in [0.2, 0.25) is 5.95 Å². The quantitative estimate of drug-likeness (QED) is 0.401. The predicted octanol–water partition coefficient (Wildman–Crippen LogP) is 2.45. The van der Waals surface area contributed by atoms with E-state index in [1.54, 1.807) is 30.3 Å². The minimum atomic E-state index is -3.86. The molecule has 0 aliphatic carbocycles. The van der Waals surface area contributed by atoms with Crippen LogP contribution in [0.3, 0.4) is 0 Å². The first kappa shape index (κ1) is 24.5. The molecule has 1 aliphatic heterocycles. The molecule has 10 nitrogen and oxygen atoms in total. The van der Waals surface area contributed by atoms with Crippen LogP contribution in [0.15, 0.2) is 70.5 Å². The molecule has 3 heterocycles. The van der Waals surface area contributed by atoms with Crippen LogP contribution in [-0.4, -0.2) is 41.7 Å². The monoisotopic (exact) mass is 517 g/mol. The number of nitriles is 1. The molecule has 0 amide bonds. The summed E-state index contributed by atoms with van der Waals surface area (Å²) in [7, 11) is -3.86. The molecule has 0 radical (unpaired) electrons. The highest BCUT2D eigenvalue weighted by molar-refractivity contribution is 7.92. The number of fused-ring (bicyclic) bond motifs is 1. The average molecular weight is 518 g/mol. The normalized spacial score (nSPS) is 16.0. The molecule has 37 heavy (non-hydrogen) atoms. The van der Waals surface area contributed by atoms with Gasteiger partial charge >= 0.3 is 0 Å². The number of aromatic nitrogens is 3. The summed E-state index contributed by atoms with van der Waals surface area (Å²) in [6, 6.07) is 17.2. The lowest BCUT2D eigenvalue weighted by atomic mass is 10.1. The van der Waals surface area contributed by atoms with Crippen molar-refractivity contribution in [3.8, 4) is 6.07 Å². The molecule has 4 aromatic rings. The summed E-state index contributed by atoms with van der Waals surface area (Å²) in [5, 5.41) is 14.3. The van der Waals surface area contributed by atoms with Crippen molar-refractivity contribution in [2.45, 2.75) is 37.2 Å². The van der Waals surface area contributed by atoms with Crippen LogP contribution in [0.1, 0.15) is 29.5 Å². The van der Waals surface area contributed by atoms with Crippen LogP contribution in [0.5, 0.6) is 0 Å². The van der Waals surface area contributed by atoms with E-state index in [9.17, 15) is 18.5 Å². The van der Waals surface area contributed by atoms with E-state index >= 15 is 0 Å². The minimum absolute atomic E-state index is 0.0530. The largest absolute Gasteiger partial charge is 0.339 e. The third-order valence-electron chi connectivity index (χ3n) is 6.49. The van der Waals surface area contributed by atoms with Crippen LogP contribution in [-0.2, 0) is 16.6 Å². The van der Waals surface area contributed by atoms with Gasteiger partial charge < -0.3 is 10.6 Å². The molecule has 0 spiro atoms. The van der Waals surface area contributed by atoms with Gasteiger partial charge in [-0.15, -0.1) is 5.10 Å². The van der Waals surface area contributed by atoms with Gasteiger partial charge in [-0.1, -0.05) is 35.9 Å². The summed E-state index contributed by atoms with van der Waals surface area (Å²) < 4.78 is 31.3. The van der Waals surface area contributed by atoms with Crippen LogP contribution >= 0.6 is 0 Å². The van der Waals surface area contributed by atoms with Crippen molar-refractivity contribution in [2.24, 2.45) is 5.73 Å². The van der Waals surface area contributed by atoms with Gasteiger partial charge in [0.25, 0.3) is 15.6 Å². The lowest BCUT2D eigenvalue weighted by Gasteiger charge is -2.32. The van der Waals surface area contributed by atoms with Gasteiger partial charge in [0.1, 0.15) is 5.52 Å². The number of hydrogen-bond acceptors (Lipinski definition) is 7. The molecule has 1 saturated heterocycles. The zero-order valence-corrected chi connectivity index (χ0v) is 21.1. The summed E-state index contributed by atoms with van der Waals surface area (Å²) >= 11 is 0. The molecule has 0 saturated carbocycles.